The summed E-state index contributed by atoms with van der Waals surface area (Å²) < 4.78 is 0. The Morgan fingerprint density at radius 3 is 2.65 bits per heavy atom. The third kappa shape index (κ3) is 5.81. The van der Waals surface area contributed by atoms with Crippen molar-refractivity contribution < 1.29 is 4.79 Å². The van der Waals surface area contributed by atoms with Crippen molar-refractivity contribution in [1.82, 2.24) is 24.8 Å². The first-order valence-corrected chi connectivity index (χ1v) is 12.7. The van der Waals surface area contributed by atoms with Gasteiger partial charge in [-0.25, -0.2) is 4.98 Å². The number of piperazine rings is 1. The van der Waals surface area contributed by atoms with Gasteiger partial charge in [-0.15, -0.1) is 0 Å². The number of amides is 1. The van der Waals surface area contributed by atoms with E-state index in [9.17, 15) is 4.79 Å². The van der Waals surface area contributed by atoms with Crippen LogP contribution < -0.4 is 15.5 Å². The van der Waals surface area contributed by atoms with Crippen molar-refractivity contribution in [3.8, 4) is 0 Å². The fraction of sp³-hybridized carbons (Fsp3) is 0.435. The van der Waals surface area contributed by atoms with Crippen LogP contribution in [0.25, 0.3) is 0 Å². The molecule has 1 fully saturated rings. The summed E-state index contributed by atoms with van der Waals surface area (Å²) in [7, 11) is 0. The number of aromatic nitrogens is 4. The largest absolute Gasteiger partial charge is 0.338 e. The van der Waals surface area contributed by atoms with Crippen molar-refractivity contribution in [2.45, 2.75) is 33.6 Å². The van der Waals surface area contributed by atoms with Crippen molar-refractivity contribution >= 4 is 51.6 Å². The van der Waals surface area contributed by atoms with Gasteiger partial charge in [0.25, 0.3) is 5.91 Å². The number of nitrogens with zero attached hydrogens (tertiary/aromatic N) is 6. The molecule has 2 N–H and O–H groups in total. The van der Waals surface area contributed by atoms with Gasteiger partial charge in [-0.05, 0) is 31.5 Å². The lowest BCUT2D eigenvalue weighted by Crippen LogP contribution is -2.47. The number of nitrogens with one attached hydrogen (secondary N) is 2. The second-order valence-electron chi connectivity index (χ2n) is 8.10. The van der Waals surface area contributed by atoms with E-state index in [0.29, 0.717) is 44.9 Å². The van der Waals surface area contributed by atoms with E-state index in [2.05, 4.69) is 47.3 Å². The maximum atomic E-state index is 12.7. The minimum Gasteiger partial charge on any atom is -0.338 e. The van der Waals surface area contributed by atoms with Crippen LogP contribution in [0, 0.1) is 6.92 Å². The summed E-state index contributed by atoms with van der Waals surface area (Å²) in [5, 5.41) is 7.06. The zero-order chi connectivity index (χ0) is 24.1. The number of hydrogen-bond donors (Lipinski definition) is 2. The van der Waals surface area contributed by atoms with Crippen LogP contribution in [0.1, 0.15) is 41.3 Å². The van der Waals surface area contributed by atoms with Crippen LogP contribution in [-0.2, 0) is 6.42 Å². The fourth-order valence-corrected chi connectivity index (χ4v) is 4.72. The second kappa shape index (κ2) is 11.1. The summed E-state index contributed by atoms with van der Waals surface area (Å²) in [6.45, 7) is 11.0. The molecule has 1 aliphatic heterocycles. The van der Waals surface area contributed by atoms with Gasteiger partial charge in [0, 0.05) is 32.6 Å². The van der Waals surface area contributed by atoms with E-state index >= 15 is 0 Å². The van der Waals surface area contributed by atoms with Crippen molar-refractivity contribution in [1.29, 1.82) is 0 Å². The Kier molecular flexibility index (Phi) is 7.91. The predicted molar refractivity (Wildman–Crippen MR) is 138 cm³/mol. The zero-order valence-corrected chi connectivity index (χ0v) is 21.2. The minimum absolute atomic E-state index is 0.266. The topological polar surface area (TPSA) is 99.2 Å². The Bertz CT molecular complexity index is 1130. The zero-order valence-electron chi connectivity index (χ0n) is 19.6. The SMILES string of the molecule is CCCN1CCN(c2nc(CC)nc(Nc3ncc(C(=O)Nc4c(C)cccc4Cl)s3)n2)CC1. The number of para-hydroxylation sites is 1. The molecule has 0 saturated carbocycles. The highest BCUT2D eigenvalue weighted by molar-refractivity contribution is 7.17. The third-order valence-corrected chi connectivity index (χ3v) is 6.82. The Morgan fingerprint density at radius 1 is 1.15 bits per heavy atom. The summed E-state index contributed by atoms with van der Waals surface area (Å²) in [4.78, 5) is 36.0. The number of halogens is 1. The number of rotatable bonds is 8. The van der Waals surface area contributed by atoms with E-state index in [1.165, 1.54) is 17.5 Å². The van der Waals surface area contributed by atoms with Crippen LogP contribution in [0.5, 0.6) is 0 Å². The molecule has 34 heavy (non-hydrogen) atoms. The van der Waals surface area contributed by atoms with Crippen LogP contribution in [0.4, 0.5) is 22.7 Å². The first-order valence-electron chi connectivity index (χ1n) is 11.5. The molecule has 0 aliphatic carbocycles. The van der Waals surface area contributed by atoms with E-state index in [1.807, 2.05) is 26.0 Å². The Balaban J connectivity index is 1.46. The van der Waals surface area contributed by atoms with Gasteiger partial charge in [0.05, 0.1) is 16.9 Å². The standard InChI is InChI=1S/C23H29ClN8OS/c1-4-9-31-10-12-32(13-11-31)22-27-18(5-2)26-21(29-22)30-23-25-14-17(34-23)20(33)28-19-15(3)7-6-8-16(19)24/h6-8,14H,4-5,9-13H2,1-3H3,(H,28,33)(H,25,26,27,29,30). The molecular formula is C23H29ClN8OS. The van der Waals surface area contributed by atoms with Crippen molar-refractivity contribution in [2.75, 3.05) is 48.3 Å². The number of aryl methyl sites for hydroxylation is 2. The fourth-order valence-electron chi connectivity index (χ4n) is 3.75. The van der Waals surface area contributed by atoms with Crippen molar-refractivity contribution in [3.05, 3.63) is 45.7 Å². The van der Waals surface area contributed by atoms with Gasteiger partial charge in [-0.2, -0.15) is 15.0 Å². The van der Waals surface area contributed by atoms with Crippen LogP contribution in [0.15, 0.2) is 24.4 Å². The first kappa shape index (κ1) is 24.3. The van der Waals surface area contributed by atoms with Crippen molar-refractivity contribution in [3.63, 3.8) is 0 Å². The normalized spacial score (nSPS) is 14.3. The Hall–Kier alpha value is -2.82. The van der Waals surface area contributed by atoms with E-state index in [1.54, 1.807) is 6.07 Å². The average Bonchev–Trinajstić information content (AvgIpc) is 3.30. The molecule has 4 rings (SSSR count). The van der Waals surface area contributed by atoms with Crippen LogP contribution >= 0.6 is 22.9 Å². The van der Waals surface area contributed by atoms with E-state index in [-0.39, 0.29) is 5.91 Å². The van der Waals surface area contributed by atoms with Gasteiger partial charge < -0.3 is 10.2 Å². The number of carbonyl (C=O) groups excluding carboxylic acids is 1. The maximum absolute atomic E-state index is 12.7. The first-order chi connectivity index (χ1) is 16.5. The number of carbonyl (C=O) groups is 1. The van der Waals surface area contributed by atoms with Gasteiger partial charge in [-0.1, -0.05) is 48.9 Å². The maximum Gasteiger partial charge on any atom is 0.267 e. The monoisotopic (exact) mass is 500 g/mol. The highest BCUT2D eigenvalue weighted by atomic mass is 35.5. The molecular weight excluding hydrogens is 472 g/mol. The van der Waals surface area contributed by atoms with Crippen LogP contribution in [0.2, 0.25) is 5.02 Å². The quantitative estimate of drug-likeness (QED) is 0.470. The van der Waals surface area contributed by atoms with E-state index in [0.717, 1.165) is 44.7 Å². The molecule has 3 heterocycles. The molecule has 1 saturated heterocycles. The van der Waals surface area contributed by atoms with Gasteiger partial charge >= 0.3 is 0 Å². The molecule has 9 nitrogen and oxygen atoms in total. The average molecular weight is 501 g/mol. The highest BCUT2D eigenvalue weighted by Crippen LogP contribution is 2.28. The van der Waals surface area contributed by atoms with Crippen LogP contribution in [0.3, 0.4) is 0 Å². The molecule has 1 aliphatic rings. The van der Waals surface area contributed by atoms with Crippen LogP contribution in [-0.4, -0.2) is 63.5 Å². The summed E-state index contributed by atoms with van der Waals surface area (Å²) in [5.74, 6) is 1.56. The van der Waals surface area contributed by atoms with E-state index in [4.69, 9.17) is 11.6 Å². The molecule has 180 valence electrons. The van der Waals surface area contributed by atoms with E-state index < -0.39 is 0 Å². The lowest BCUT2D eigenvalue weighted by molar-refractivity contribution is 0.103. The molecule has 2 aromatic heterocycles. The Morgan fingerprint density at radius 2 is 1.94 bits per heavy atom. The lowest BCUT2D eigenvalue weighted by atomic mass is 10.2. The smallest absolute Gasteiger partial charge is 0.267 e. The molecule has 0 bridgehead atoms. The molecule has 1 amide bonds. The number of anilines is 4. The molecule has 0 spiro atoms. The van der Waals surface area contributed by atoms with Gasteiger partial charge in [0.15, 0.2) is 5.13 Å². The lowest BCUT2D eigenvalue weighted by Gasteiger charge is -2.34. The highest BCUT2D eigenvalue weighted by Gasteiger charge is 2.20. The molecule has 0 unspecified atom stereocenters. The molecule has 11 heteroatoms. The van der Waals surface area contributed by atoms with Crippen molar-refractivity contribution in [2.24, 2.45) is 0 Å². The molecule has 0 radical (unpaired) electrons. The van der Waals surface area contributed by atoms with Gasteiger partial charge in [-0.3, -0.25) is 15.0 Å². The number of hydrogen-bond acceptors (Lipinski definition) is 9. The molecule has 1 aromatic carbocycles. The molecule has 3 aromatic rings. The number of thiazole rings is 1. The summed E-state index contributed by atoms with van der Waals surface area (Å²) in [6, 6.07) is 5.49. The predicted octanol–water partition coefficient (Wildman–Crippen LogP) is 4.38. The summed E-state index contributed by atoms with van der Waals surface area (Å²) >= 11 is 7.47. The van der Waals surface area contributed by atoms with Gasteiger partial charge in [0.2, 0.25) is 11.9 Å². The summed E-state index contributed by atoms with van der Waals surface area (Å²) in [5.41, 5.74) is 1.50. The molecule has 0 atom stereocenters. The second-order valence-corrected chi connectivity index (χ2v) is 9.54. The third-order valence-electron chi connectivity index (χ3n) is 5.59. The van der Waals surface area contributed by atoms with Gasteiger partial charge in [0.1, 0.15) is 10.7 Å². The Labute approximate surface area is 208 Å². The summed E-state index contributed by atoms with van der Waals surface area (Å²) in [6.07, 6.45) is 3.39. The minimum atomic E-state index is -0.266. The number of benzene rings is 1.